The molecule has 0 radical (unpaired) electrons. The van der Waals surface area contributed by atoms with Gasteiger partial charge >= 0.3 is 6.03 Å². The minimum Gasteiger partial charge on any atom is -0.382 e. The van der Waals surface area contributed by atoms with Gasteiger partial charge in [-0.25, -0.2) is 4.79 Å². The van der Waals surface area contributed by atoms with Crippen LogP contribution < -0.4 is 15.5 Å². The van der Waals surface area contributed by atoms with Crippen molar-refractivity contribution < 1.29 is 14.3 Å². The average Bonchev–Trinajstić information content (AvgIpc) is 2.65. The van der Waals surface area contributed by atoms with Crippen molar-refractivity contribution in [2.45, 2.75) is 38.8 Å². The molecular formula is C22H26ClN3O3. The molecule has 2 aromatic carbocycles. The predicted molar refractivity (Wildman–Crippen MR) is 116 cm³/mol. The van der Waals surface area contributed by atoms with E-state index in [9.17, 15) is 9.59 Å². The summed E-state index contributed by atoms with van der Waals surface area (Å²) in [6, 6.07) is 12.8. The Morgan fingerprint density at radius 2 is 1.90 bits per heavy atom. The fourth-order valence-electron chi connectivity index (χ4n) is 3.45. The number of benzene rings is 2. The van der Waals surface area contributed by atoms with E-state index < -0.39 is 5.54 Å². The van der Waals surface area contributed by atoms with Crippen LogP contribution in [0, 0.1) is 0 Å². The van der Waals surface area contributed by atoms with Crippen molar-refractivity contribution in [3.8, 4) is 0 Å². The molecule has 2 aromatic rings. The van der Waals surface area contributed by atoms with Crippen LogP contribution in [0.2, 0.25) is 5.02 Å². The van der Waals surface area contributed by atoms with Crippen LogP contribution in [0.1, 0.15) is 31.4 Å². The van der Waals surface area contributed by atoms with Gasteiger partial charge in [-0.2, -0.15) is 0 Å². The molecule has 154 valence electrons. The van der Waals surface area contributed by atoms with E-state index in [2.05, 4.69) is 10.6 Å². The highest BCUT2D eigenvalue weighted by atomic mass is 35.5. The maximum absolute atomic E-state index is 12.5. The summed E-state index contributed by atoms with van der Waals surface area (Å²) in [5.74, 6) is 0.0900. The summed E-state index contributed by atoms with van der Waals surface area (Å²) < 4.78 is 5.12. The fraction of sp³-hybridized carbons (Fsp3) is 0.364. The Labute approximate surface area is 176 Å². The number of nitrogens with zero attached hydrogens (tertiary/aromatic N) is 1. The molecule has 0 unspecified atom stereocenters. The highest BCUT2D eigenvalue weighted by Gasteiger charge is 2.25. The summed E-state index contributed by atoms with van der Waals surface area (Å²) in [4.78, 5) is 26.6. The van der Waals surface area contributed by atoms with E-state index in [4.69, 9.17) is 16.3 Å². The fourth-order valence-corrected chi connectivity index (χ4v) is 3.58. The van der Waals surface area contributed by atoms with Crippen molar-refractivity contribution in [3.63, 3.8) is 0 Å². The predicted octanol–water partition coefficient (Wildman–Crippen LogP) is 4.37. The Kier molecular flexibility index (Phi) is 6.45. The smallest absolute Gasteiger partial charge is 0.319 e. The average molecular weight is 416 g/mol. The maximum atomic E-state index is 12.5. The number of hydrogen-bond donors (Lipinski definition) is 2. The number of amides is 3. The van der Waals surface area contributed by atoms with E-state index in [1.807, 2.05) is 56.3 Å². The molecule has 1 heterocycles. The highest BCUT2D eigenvalue weighted by Crippen LogP contribution is 2.31. The van der Waals surface area contributed by atoms with Crippen molar-refractivity contribution in [1.82, 2.24) is 5.32 Å². The molecule has 3 amide bonds. The molecule has 0 saturated heterocycles. The first kappa shape index (κ1) is 21.1. The number of fused-ring (bicyclic) bond motifs is 1. The monoisotopic (exact) mass is 415 g/mol. The molecule has 0 fully saturated rings. The van der Waals surface area contributed by atoms with Crippen molar-refractivity contribution in [2.24, 2.45) is 0 Å². The molecule has 0 spiro atoms. The lowest BCUT2D eigenvalue weighted by molar-refractivity contribution is -0.119. The number of methoxy groups -OCH3 is 1. The molecule has 0 aliphatic carbocycles. The first-order valence-electron chi connectivity index (χ1n) is 9.53. The van der Waals surface area contributed by atoms with Gasteiger partial charge in [-0.3, -0.25) is 4.79 Å². The standard InChI is InChI=1S/C22H26ClN3O3/c1-22(2,14-29-3)25-21(28)24-18-9-10-19-16(12-18)6-11-20(27)26(19)13-15-4-7-17(23)8-5-15/h4-5,7-10,12H,6,11,13-14H2,1-3H3,(H2,24,25,28). The lowest BCUT2D eigenvalue weighted by atomic mass is 9.99. The SMILES string of the molecule is COCC(C)(C)NC(=O)Nc1ccc2c(c1)CCC(=O)N2Cc1ccc(Cl)cc1. The Morgan fingerprint density at radius 1 is 1.17 bits per heavy atom. The molecule has 0 bridgehead atoms. The summed E-state index contributed by atoms with van der Waals surface area (Å²) in [5.41, 5.74) is 3.14. The molecule has 6 nitrogen and oxygen atoms in total. The first-order valence-corrected chi connectivity index (χ1v) is 9.91. The van der Waals surface area contributed by atoms with Gasteiger partial charge in [-0.1, -0.05) is 23.7 Å². The van der Waals surface area contributed by atoms with Crippen LogP contribution >= 0.6 is 11.6 Å². The van der Waals surface area contributed by atoms with Gasteiger partial charge in [0.1, 0.15) is 0 Å². The number of anilines is 2. The third-order valence-corrected chi connectivity index (χ3v) is 5.00. The summed E-state index contributed by atoms with van der Waals surface area (Å²) in [6.07, 6.45) is 1.09. The number of urea groups is 1. The summed E-state index contributed by atoms with van der Waals surface area (Å²) >= 11 is 5.95. The van der Waals surface area contributed by atoms with Crippen LogP contribution in [0.15, 0.2) is 42.5 Å². The van der Waals surface area contributed by atoms with Crippen molar-refractivity contribution >= 4 is 34.9 Å². The number of aryl methyl sites for hydroxylation is 1. The lowest BCUT2D eigenvalue weighted by Crippen LogP contribution is -2.48. The van der Waals surface area contributed by atoms with Crippen LogP contribution in [-0.4, -0.2) is 31.2 Å². The van der Waals surface area contributed by atoms with E-state index in [1.54, 1.807) is 12.0 Å². The highest BCUT2D eigenvalue weighted by molar-refractivity contribution is 6.30. The number of hydrogen-bond acceptors (Lipinski definition) is 3. The van der Waals surface area contributed by atoms with Gasteiger partial charge in [0.05, 0.1) is 18.7 Å². The van der Waals surface area contributed by atoms with E-state index in [0.29, 0.717) is 36.7 Å². The number of rotatable bonds is 6. The second-order valence-corrected chi connectivity index (χ2v) is 8.28. The number of halogens is 1. The topological polar surface area (TPSA) is 70.7 Å². The van der Waals surface area contributed by atoms with Crippen molar-refractivity contribution in [2.75, 3.05) is 23.9 Å². The van der Waals surface area contributed by atoms with Gasteiger partial charge in [0.2, 0.25) is 5.91 Å². The maximum Gasteiger partial charge on any atom is 0.319 e. The van der Waals surface area contributed by atoms with Crippen molar-refractivity contribution in [3.05, 3.63) is 58.6 Å². The molecule has 0 atom stereocenters. The Balaban J connectivity index is 1.74. The first-order chi connectivity index (χ1) is 13.8. The second-order valence-electron chi connectivity index (χ2n) is 7.85. The number of carbonyl (C=O) groups excluding carboxylic acids is 2. The minimum absolute atomic E-state index is 0.0900. The van der Waals surface area contributed by atoms with E-state index in [1.165, 1.54) is 0 Å². The normalized spacial score (nSPS) is 13.8. The molecule has 29 heavy (non-hydrogen) atoms. The quantitative estimate of drug-likeness (QED) is 0.736. The second kappa shape index (κ2) is 8.84. The lowest BCUT2D eigenvalue weighted by Gasteiger charge is -2.30. The minimum atomic E-state index is -0.477. The van der Waals surface area contributed by atoms with Crippen LogP contribution in [0.25, 0.3) is 0 Å². The molecule has 1 aliphatic rings. The molecule has 0 aromatic heterocycles. The summed E-state index contributed by atoms with van der Waals surface area (Å²) in [5, 5.41) is 6.42. The van der Waals surface area contributed by atoms with Gasteiger partial charge in [0, 0.05) is 29.9 Å². The number of nitrogens with one attached hydrogen (secondary N) is 2. The van der Waals surface area contributed by atoms with Crippen LogP contribution in [0.3, 0.4) is 0 Å². The number of carbonyl (C=O) groups is 2. The zero-order chi connectivity index (χ0) is 21.0. The zero-order valence-electron chi connectivity index (χ0n) is 16.9. The van der Waals surface area contributed by atoms with Crippen LogP contribution in [0.4, 0.5) is 16.2 Å². The molecular weight excluding hydrogens is 390 g/mol. The van der Waals surface area contributed by atoms with Crippen molar-refractivity contribution in [1.29, 1.82) is 0 Å². The Bertz CT molecular complexity index is 897. The third kappa shape index (κ3) is 5.49. The van der Waals surface area contributed by atoms with Gasteiger partial charge in [-0.15, -0.1) is 0 Å². The van der Waals surface area contributed by atoms with Gasteiger partial charge in [0.25, 0.3) is 0 Å². The van der Waals surface area contributed by atoms with E-state index in [-0.39, 0.29) is 11.9 Å². The molecule has 1 aliphatic heterocycles. The summed E-state index contributed by atoms with van der Waals surface area (Å²) in [6.45, 7) is 4.68. The Hall–Kier alpha value is -2.57. The largest absolute Gasteiger partial charge is 0.382 e. The third-order valence-electron chi connectivity index (χ3n) is 4.75. The van der Waals surface area contributed by atoms with Crippen LogP contribution in [-0.2, 0) is 22.5 Å². The van der Waals surface area contributed by atoms with Gasteiger partial charge < -0.3 is 20.3 Å². The molecule has 0 saturated carbocycles. The summed E-state index contributed by atoms with van der Waals surface area (Å²) in [7, 11) is 1.60. The van der Waals surface area contributed by atoms with Gasteiger partial charge in [-0.05, 0) is 61.7 Å². The number of ether oxygens (including phenoxy) is 1. The van der Waals surface area contributed by atoms with Crippen LogP contribution in [0.5, 0.6) is 0 Å². The molecule has 3 rings (SSSR count). The van der Waals surface area contributed by atoms with E-state index in [0.717, 1.165) is 16.8 Å². The van der Waals surface area contributed by atoms with E-state index >= 15 is 0 Å². The molecule has 7 heteroatoms. The molecule has 2 N–H and O–H groups in total. The Morgan fingerprint density at radius 3 is 2.59 bits per heavy atom. The zero-order valence-corrected chi connectivity index (χ0v) is 17.7. The van der Waals surface area contributed by atoms with Gasteiger partial charge in [0.15, 0.2) is 0 Å².